The zero-order valence-corrected chi connectivity index (χ0v) is 13.9. The van der Waals surface area contributed by atoms with Crippen LogP contribution in [0.3, 0.4) is 0 Å². The molecular weight excluding hydrogens is 310 g/mol. The van der Waals surface area contributed by atoms with Gasteiger partial charge in [-0.3, -0.25) is 5.21 Å². The molecule has 0 aromatic heterocycles. The molecule has 7 heteroatoms. The predicted molar refractivity (Wildman–Crippen MR) is 87.6 cm³/mol. The van der Waals surface area contributed by atoms with Gasteiger partial charge < -0.3 is 20.1 Å². The Morgan fingerprint density at radius 2 is 2.08 bits per heavy atom. The van der Waals surface area contributed by atoms with Crippen molar-refractivity contribution in [3.63, 3.8) is 0 Å². The number of carbonyl (C=O) groups is 1. The van der Waals surface area contributed by atoms with Crippen molar-refractivity contribution < 1.29 is 14.7 Å². The normalized spacial score (nSPS) is 17.7. The topological polar surface area (TPSA) is 99.9 Å². The van der Waals surface area contributed by atoms with Gasteiger partial charge in [0.15, 0.2) is 0 Å². The van der Waals surface area contributed by atoms with Crippen LogP contribution in [0.4, 0.5) is 5.69 Å². The van der Waals surface area contributed by atoms with E-state index in [0.717, 1.165) is 0 Å². The summed E-state index contributed by atoms with van der Waals surface area (Å²) in [5.41, 5.74) is 2.65. The number of ether oxygens (including phenoxy) is 1. The van der Waals surface area contributed by atoms with Crippen LogP contribution in [-0.2, 0) is 9.53 Å². The van der Waals surface area contributed by atoms with E-state index >= 15 is 0 Å². The smallest absolute Gasteiger partial charge is 0.336 e. The molecule has 1 aliphatic heterocycles. The second-order valence-electron chi connectivity index (χ2n) is 5.46. The molecular formula is C17H18N3O4-. The van der Waals surface area contributed by atoms with E-state index in [1.807, 2.05) is 0 Å². The Kier molecular flexibility index (Phi) is 4.93. The lowest BCUT2D eigenvalue weighted by Crippen LogP contribution is -2.30. The van der Waals surface area contributed by atoms with E-state index in [2.05, 4.69) is 6.07 Å². The molecule has 1 aromatic rings. The number of esters is 1. The van der Waals surface area contributed by atoms with Crippen molar-refractivity contribution in [1.29, 1.82) is 5.26 Å². The van der Waals surface area contributed by atoms with Crippen molar-refractivity contribution in [2.24, 2.45) is 0 Å². The van der Waals surface area contributed by atoms with E-state index in [1.54, 1.807) is 37.9 Å². The predicted octanol–water partition coefficient (Wildman–Crippen LogP) is 2.65. The summed E-state index contributed by atoms with van der Waals surface area (Å²) in [5.74, 6) is -1.21. The van der Waals surface area contributed by atoms with Gasteiger partial charge in [0.05, 0.1) is 35.9 Å². The van der Waals surface area contributed by atoms with Gasteiger partial charge in [-0.2, -0.15) is 5.26 Å². The van der Waals surface area contributed by atoms with Crippen LogP contribution in [0, 0.1) is 16.5 Å². The van der Waals surface area contributed by atoms with Gasteiger partial charge >= 0.3 is 5.97 Å². The molecule has 0 unspecified atom stereocenters. The number of anilines is 1. The molecule has 0 amide bonds. The number of benzene rings is 1. The molecule has 1 aliphatic rings. The minimum Gasteiger partial charge on any atom is -0.733 e. The maximum absolute atomic E-state index is 12.3. The van der Waals surface area contributed by atoms with Crippen molar-refractivity contribution in [3.8, 4) is 6.07 Å². The lowest BCUT2D eigenvalue weighted by Gasteiger charge is -2.34. The summed E-state index contributed by atoms with van der Waals surface area (Å²) < 4.78 is 4.89. The number of carbonyl (C=O) groups excluding carboxylic acids is 1. The highest BCUT2D eigenvalue weighted by atomic mass is 16.8. The van der Waals surface area contributed by atoms with Crippen LogP contribution in [0.2, 0.25) is 0 Å². The molecule has 7 nitrogen and oxygen atoms in total. The number of nitriles is 1. The highest BCUT2D eigenvalue weighted by molar-refractivity contribution is 5.93. The standard InChI is InChI=1S/C17H18N3O4/c1-10-14(9-18)16(12-6-5-7-13(8-12)20(22)23)15(17(21)24-4)11(2)19(10)3/h5-8,16,22H,1-4H3/q-1/t16-/m1/s1. The Balaban J connectivity index is 2.72. The average Bonchev–Trinajstić information content (AvgIpc) is 2.58. The fraction of sp³-hybridized carbons (Fsp3) is 0.294. The maximum Gasteiger partial charge on any atom is 0.336 e. The molecule has 2 rings (SSSR count). The molecule has 0 aliphatic carbocycles. The molecule has 0 saturated carbocycles. The van der Waals surface area contributed by atoms with Gasteiger partial charge in [0.1, 0.15) is 0 Å². The van der Waals surface area contributed by atoms with E-state index < -0.39 is 11.9 Å². The highest BCUT2D eigenvalue weighted by Crippen LogP contribution is 2.41. The lowest BCUT2D eigenvalue weighted by atomic mass is 9.80. The van der Waals surface area contributed by atoms with Crippen molar-refractivity contribution in [3.05, 3.63) is 57.6 Å². The van der Waals surface area contributed by atoms with Gasteiger partial charge in [-0.15, -0.1) is 0 Å². The van der Waals surface area contributed by atoms with E-state index in [1.165, 1.54) is 19.2 Å². The number of nitrogens with zero attached hydrogens (tertiary/aromatic N) is 3. The minimum absolute atomic E-state index is 0.0169. The monoisotopic (exact) mass is 328 g/mol. The summed E-state index contributed by atoms with van der Waals surface area (Å²) in [6, 6.07) is 8.31. The van der Waals surface area contributed by atoms with Crippen molar-refractivity contribution in [2.75, 3.05) is 19.4 Å². The van der Waals surface area contributed by atoms with Crippen LogP contribution < -0.4 is 5.23 Å². The maximum atomic E-state index is 12.3. The summed E-state index contributed by atoms with van der Waals surface area (Å²) in [4.78, 5) is 14.1. The van der Waals surface area contributed by atoms with Gasteiger partial charge in [0.2, 0.25) is 0 Å². The van der Waals surface area contributed by atoms with E-state index in [9.17, 15) is 15.3 Å². The molecule has 0 saturated heterocycles. The molecule has 1 aromatic carbocycles. The Morgan fingerprint density at radius 1 is 1.42 bits per heavy atom. The second-order valence-corrected chi connectivity index (χ2v) is 5.46. The van der Waals surface area contributed by atoms with Crippen LogP contribution in [0.15, 0.2) is 46.8 Å². The summed E-state index contributed by atoms with van der Waals surface area (Å²) in [5, 5.41) is 29.7. The highest BCUT2D eigenvalue weighted by Gasteiger charge is 2.36. The van der Waals surface area contributed by atoms with Crippen molar-refractivity contribution in [2.45, 2.75) is 19.8 Å². The molecule has 1 heterocycles. The zero-order valence-electron chi connectivity index (χ0n) is 13.9. The summed E-state index contributed by atoms with van der Waals surface area (Å²) in [6.45, 7) is 3.56. The van der Waals surface area contributed by atoms with Crippen molar-refractivity contribution in [1.82, 2.24) is 4.90 Å². The van der Waals surface area contributed by atoms with Crippen LogP contribution in [0.5, 0.6) is 0 Å². The van der Waals surface area contributed by atoms with Gasteiger partial charge in [0.25, 0.3) is 0 Å². The zero-order chi connectivity index (χ0) is 18.0. The first-order chi connectivity index (χ1) is 11.3. The summed E-state index contributed by atoms with van der Waals surface area (Å²) in [7, 11) is 3.05. The first-order valence-corrected chi connectivity index (χ1v) is 7.23. The molecule has 0 bridgehead atoms. The molecule has 0 radical (unpaired) electrons. The Labute approximate surface area is 140 Å². The fourth-order valence-electron chi connectivity index (χ4n) is 2.85. The van der Waals surface area contributed by atoms with Gasteiger partial charge in [0, 0.05) is 18.4 Å². The number of rotatable bonds is 3. The lowest BCUT2D eigenvalue weighted by molar-refractivity contribution is -0.136. The van der Waals surface area contributed by atoms with Crippen LogP contribution in [-0.4, -0.2) is 30.2 Å². The SMILES string of the molecule is COC(=O)C1=C(C)N(C)C(C)=C(C#N)[C@H]1c1cccc(N([O-])O)c1. The largest absolute Gasteiger partial charge is 0.733 e. The van der Waals surface area contributed by atoms with E-state index in [4.69, 9.17) is 9.94 Å². The Bertz CT molecular complexity index is 774. The number of methoxy groups -OCH3 is 1. The molecule has 126 valence electrons. The molecule has 0 fully saturated rings. The van der Waals surface area contributed by atoms with Crippen LogP contribution >= 0.6 is 0 Å². The van der Waals surface area contributed by atoms with E-state index in [0.29, 0.717) is 28.1 Å². The van der Waals surface area contributed by atoms with Gasteiger partial charge in [-0.25, -0.2) is 4.79 Å². The van der Waals surface area contributed by atoms with Crippen LogP contribution in [0.1, 0.15) is 25.3 Å². The van der Waals surface area contributed by atoms with Gasteiger partial charge in [-0.1, -0.05) is 12.1 Å². The average molecular weight is 328 g/mol. The molecule has 1 atom stereocenters. The third-order valence-electron chi connectivity index (χ3n) is 4.31. The third kappa shape index (κ3) is 2.85. The third-order valence-corrected chi connectivity index (χ3v) is 4.31. The minimum atomic E-state index is -0.668. The molecule has 0 spiro atoms. The second kappa shape index (κ2) is 6.74. The molecule has 1 N–H and O–H groups in total. The quantitative estimate of drug-likeness (QED) is 0.672. The number of allylic oxidation sites excluding steroid dienone is 3. The Morgan fingerprint density at radius 3 is 2.62 bits per heavy atom. The summed E-state index contributed by atoms with van der Waals surface area (Å²) in [6.07, 6.45) is 0. The summed E-state index contributed by atoms with van der Waals surface area (Å²) >= 11 is 0. The molecule has 24 heavy (non-hydrogen) atoms. The van der Waals surface area contributed by atoms with Gasteiger partial charge in [-0.05, 0) is 31.5 Å². The van der Waals surface area contributed by atoms with Crippen LogP contribution in [0.25, 0.3) is 0 Å². The van der Waals surface area contributed by atoms with E-state index in [-0.39, 0.29) is 10.9 Å². The first kappa shape index (κ1) is 17.5. The number of hydrogen-bond donors (Lipinski definition) is 1. The van der Waals surface area contributed by atoms with Crippen molar-refractivity contribution >= 4 is 11.7 Å². The fourth-order valence-corrected chi connectivity index (χ4v) is 2.85. The Hall–Kier alpha value is -2.82. The number of hydrogen-bond acceptors (Lipinski definition) is 7. The first-order valence-electron chi connectivity index (χ1n) is 7.23.